The van der Waals surface area contributed by atoms with Gasteiger partial charge in [0.05, 0.1) is 0 Å². The minimum atomic E-state index is 1.69. The molecule has 0 aliphatic rings. The number of hydrogen-bond donors (Lipinski definition) is 0. The SMILES string of the molecule is Cn1[c]ncc1. The van der Waals surface area contributed by atoms with Crippen molar-refractivity contribution >= 4 is 0 Å². The normalized spacial score (nSPS) is 8.83. The van der Waals surface area contributed by atoms with Crippen LogP contribution < -0.4 is 0 Å². The highest BCUT2D eigenvalue weighted by Crippen LogP contribution is 1.72. The van der Waals surface area contributed by atoms with Gasteiger partial charge in [-0.2, -0.15) is 0 Å². The van der Waals surface area contributed by atoms with Crippen LogP contribution in [0.4, 0.5) is 0 Å². The Kier molecular flexibility index (Phi) is 0.638. The molecule has 0 aliphatic heterocycles. The van der Waals surface area contributed by atoms with Crippen LogP contribution in [0.3, 0.4) is 0 Å². The fourth-order valence-corrected chi connectivity index (χ4v) is 0.291. The van der Waals surface area contributed by atoms with Crippen molar-refractivity contribution in [1.29, 1.82) is 0 Å². The summed E-state index contributed by atoms with van der Waals surface area (Å²) in [6.45, 7) is 0. The van der Waals surface area contributed by atoms with Crippen molar-refractivity contribution in [1.82, 2.24) is 9.55 Å². The van der Waals surface area contributed by atoms with Gasteiger partial charge in [-0.1, -0.05) is 0 Å². The average molecular weight is 81.1 g/mol. The molecule has 0 atom stereocenters. The second kappa shape index (κ2) is 1.12. The van der Waals surface area contributed by atoms with Crippen molar-refractivity contribution in [2.75, 3.05) is 0 Å². The van der Waals surface area contributed by atoms with E-state index < -0.39 is 0 Å². The topological polar surface area (TPSA) is 17.8 Å². The van der Waals surface area contributed by atoms with E-state index in [1.54, 1.807) is 10.8 Å². The molecule has 1 radical (unpaired) electrons. The van der Waals surface area contributed by atoms with E-state index in [1.807, 2.05) is 13.2 Å². The summed E-state index contributed by atoms with van der Waals surface area (Å²) in [5.41, 5.74) is 0. The van der Waals surface area contributed by atoms with E-state index in [4.69, 9.17) is 0 Å². The highest BCUT2D eigenvalue weighted by atomic mass is 15.0. The van der Waals surface area contributed by atoms with Gasteiger partial charge in [0.1, 0.15) is 0 Å². The molecule has 0 unspecified atom stereocenters. The number of nitrogens with zero attached hydrogens (tertiary/aromatic N) is 2. The summed E-state index contributed by atoms with van der Waals surface area (Å²) in [6.07, 6.45) is 6.19. The molecule has 0 aromatic carbocycles. The monoisotopic (exact) mass is 81.0 g/mol. The lowest BCUT2D eigenvalue weighted by molar-refractivity contribution is 0.902. The summed E-state index contributed by atoms with van der Waals surface area (Å²) in [5, 5.41) is 0. The predicted molar refractivity (Wildman–Crippen MR) is 22.0 cm³/mol. The van der Waals surface area contributed by atoms with Crippen molar-refractivity contribution in [3.63, 3.8) is 0 Å². The molecule has 2 heteroatoms. The van der Waals surface area contributed by atoms with Crippen molar-refractivity contribution in [2.24, 2.45) is 7.05 Å². The molecule has 0 bridgehead atoms. The standard InChI is InChI=1S/C4H5N2/c1-6-3-2-5-4-6/h2-3H,1H3. The molecule has 1 rings (SSSR count). The minimum absolute atomic E-state index is 1.69. The molecule has 1 aromatic heterocycles. The number of aryl methyl sites for hydroxylation is 1. The highest BCUT2D eigenvalue weighted by molar-refractivity contribution is 4.68. The van der Waals surface area contributed by atoms with E-state index in [2.05, 4.69) is 11.3 Å². The van der Waals surface area contributed by atoms with Gasteiger partial charge in [0.15, 0.2) is 6.33 Å². The first kappa shape index (κ1) is 3.40. The van der Waals surface area contributed by atoms with Crippen LogP contribution >= 0.6 is 0 Å². The first-order valence-corrected chi connectivity index (χ1v) is 1.74. The second-order valence-electron chi connectivity index (χ2n) is 1.14. The van der Waals surface area contributed by atoms with E-state index in [0.29, 0.717) is 0 Å². The maximum Gasteiger partial charge on any atom is 0.176 e. The van der Waals surface area contributed by atoms with Gasteiger partial charge in [0.2, 0.25) is 0 Å². The molecule has 2 nitrogen and oxygen atoms in total. The maximum absolute atomic E-state index is 3.66. The zero-order valence-electron chi connectivity index (χ0n) is 3.55. The molecule has 0 fully saturated rings. The lowest BCUT2D eigenvalue weighted by atomic mass is 10.9. The Balaban J connectivity index is 3.05. The largest absolute Gasteiger partial charge is 0.331 e. The van der Waals surface area contributed by atoms with Crippen LogP contribution in [0.25, 0.3) is 0 Å². The van der Waals surface area contributed by atoms with Crippen molar-refractivity contribution in [3.05, 3.63) is 18.7 Å². The van der Waals surface area contributed by atoms with E-state index in [1.165, 1.54) is 0 Å². The van der Waals surface area contributed by atoms with Gasteiger partial charge in [0, 0.05) is 19.4 Å². The Bertz CT molecular complexity index is 109. The van der Waals surface area contributed by atoms with Gasteiger partial charge in [-0.25, -0.2) is 4.98 Å². The molecule has 0 saturated heterocycles. The fourth-order valence-electron chi connectivity index (χ4n) is 0.291. The van der Waals surface area contributed by atoms with E-state index in [0.717, 1.165) is 0 Å². The molecule has 0 spiro atoms. The number of imidazole rings is 1. The Morgan fingerprint density at radius 2 is 2.67 bits per heavy atom. The van der Waals surface area contributed by atoms with Crippen LogP contribution in [-0.4, -0.2) is 9.55 Å². The Hall–Kier alpha value is -0.790. The van der Waals surface area contributed by atoms with Gasteiger partial charge < -0.3 is 4.57 Å². The smallest absolute Gasteiger partial charge is 0.176 e. The molecule has 0 amide bonds. The van der Waals surface area contributed by atoms with Gasteiger partial charge in [-0.3, -0.25) is 0 Å². The van der Waals surface area contributed by atoms with Crippen LogP contribution in [0.5, 0.6) is 0 Å². The van der Waals surface area contributed by atoms with E-state index in [-0.39, 0.29) is 0 Å². The third-order valence-corrected chi connectivity index (χ3v) is 0.580. The van der Waals surface area contributed by atoms with Crippen LogP contribution in [-0.2, 0) is 7.05 Å². The zero-order valence-corrected chi connectivity index (χ0v) is 3.55. The first-order chi connectivity index (χ1) is 2.89. The summed E-state index contributed by atoms with van der Waals surface area (Å²) >= 11 is 0. The Morgan fingerprint density at radius 3 is 2.83 bits per heavy atom. The maximum atomic E-state index is 3.66. The van der Waals surface area contributed by atoms with E-state index in [9.17, 15) is 0 Å². The van der Waals surface area contributed by atoms with Crippen molar-refractivity contribution < 1.29 is 0 Å². The number of aromatic nitrogens is 2. The second-order valence-corrected chi connectivity index (χ2v) is 1.14. The molecular weight excluding hydrogens is 76.1 g/mol. The van der Waals surface area contributed by atoms with Gasteiger partial charge in [-0.05, 0) is 0 Å². The Labute approximate surface area is 36.4 Å². The lowest BCUT2D eigenvalue weighted by Crippen LogP contribution is -1.77. The summed E-state index contributed by atoms with van der Waals surface area (Å²) in [5.74, 6) is 0. The predicted octanol–water partition coefficient (Wildman–Crippen LogP) is 0.220. The first-order valence-electron chi connectivity index (χ1n) is 1.74. The Morgan fingerprint density at radius 1 is 1.83 bits per heavy atom. The number of hydrogen-bond acceptors (Lipinski definition) is 1. The van der Waals surface area contributed by atoms with Gasteiger partial charge >= 0.3 is 0 Å². The molecule has 0 saturated carbocycles. The molecule has 1 aromatic rings. The molecule has 31 valence electrons. The van der Waals surface area contributed by atoms with Crippen molar-refractivity contribution in [2.45, 2.75) is 0 Å². The third-order valence-electron chi connectivity index (χ3n) is 0.580. The van der Waals surface area contributed by atoms with Crippen LogP contribution in [0.2, 0.25) is 0 Å². The minimum Gasteiger partial charge on any atom is -0.331 e. The summed E-state index contributed by atoms with van der Waals surface area (Å²) < 4.78 is 1.76. The quantitative estimate of drug-likeness (QED) is 0.437. The zero-order chi connectivity index (χ0) is 4.41. The highest BCUT2D eigenvalue weighted by Gasteiger charge is 1.71. The summed E-state index contributed by atoms with van der Waals surface area (Å²) in [6, 6.07) is 0. The van der Waals surface area contributed by atoms with E-state index >= 15 is 0 Å². The fraction of sp³-hybridized carbons (Fsp3) is 0.250. The summed E-state index contributed by atoms with van der Waals surface area (Å²) in [4.78, 5) is 3.66. The number of rotatable bonds is 0. The van der Waals surface area contributed by atoms with Crippen LogP contribution in [0.1, 0.15) is 0 Å². The van der Waals surface area contributed by atoms with Gasteiger partial charge in [-0.15, -0.1) is 0 Å². The van der Waals surface area contributed by atoms with Crippen molar-refractivity contribution in [3.8, 4) is 0 Å². The molecular formula is C4H5N2. The van der Waals surface area contributed by atoms with Gasteiger partial charge in [0.25, 0.3) is 0 Å². The molecule has 0 aliphatic carbocycles. The molecule has 1 heterocycles. The summed E-state index contributed by atoms with van der Waals surface area (Å²) in [7, 11) is 1.88. The van der Waals surface area contributed by atoms with Crippen LogP contribution in [0, 0.1) is 6.33 Å². The lowest BCUT2D eigenvalue weighted by Gasteiger charge is -1.75. The third kappa shape index (κ3) is 0.407. The van der Waals surface area contributed by atoms with Crippen LogP contribution in [0.15, 0.2) is 12.4 Å². The average Bonchev–Trinajstić information content (AvgIpc) is 1.86. The molecule has 0 N–H and O–H groups in total. The molecule has 6 heavy (non-hydrogen) atoms.